The van der Waals surface area contributed by atoms with E-state index in [0.717, 1.165) is 24.8 Å². The molecular weight excluding hydrogens is 296 g/mol. The third kappa shape index (κ3) is 2.70. The zero-order valence-electron chi connectivity index (χ0n) is 12.2. The fraction of sp³-hybridized carbons (Fsp3) is 0.294. The summed E-state index contributed by atoms with van der Waals surface area (Å²) in [6.45, 7) is 2.23. The molecule has 1 aliphatic carbocycles. The minimum atomic E-state index is -0.0304. The summed E-state index contributed by atoms with van der Waals surface area (Å²) in [5.41, 5.74) is 2.33. The van der Waals surface area contributed by atoms with Crippen molar-refractivity contribution in [2.75, 3.05) is 0 Å². The van der Waals surface area contributed by atoms with Crippen LogP contribution in [0, 0.1) is 17.2 Å². The molecule has 2 aromatic rings. The highest BCUT2D eigenvalue weighted by Gasteiger charge is 2.23. The first-order chi connectivity index (χ1) is 10.6. The fourth-order valence-electron chi connectivity index (χ4n) is 2.71. The highest BCUT2D eigenvalue weighted by atomic mass is 32.1. The van der Waals surface area contributed by atoms with Crippen molar-refractivity contribution >= 4 is 22.6 Å². The van der Waals surface area contributed by atoms with Gasteiger partial charge in [0.15, 0.2) is 0 Å². The summed E-state index contributed by atoms with van der Waals surface area (Å²) in [5, 5.41) is 29.2. The summed E-state index contributed by atoms with van der Waals surface area (Å²) in [6, 6.07) is 6.63. The van der Waals surface area contributed by atoms with Crippen LogP contribution in [0.3, 0.4) is 0 Å². The number of phenolic OH excluding ortho intramolecular Hbond substituents is 2. The SMILES string of the molecule is CC1CCc2c(sc(/N=C/c3ccc(O)cc3O)c2C#N)C1. The van der Waals surface area contributed by atoms with E-state index in [0.29, 0.717) is 22.0 Å². The summed E-state index contributed by atoms with van der Waals surface area (Å²) in [7, 11) is 0. The molecule has 0 radical (unpaired) electrons. The second kappa shape index (κ2) is 5.82. The largest absolute Gasteiger partial charge is 0.508 e. The molecule has 2 N–H and O–H groups in total. The van der Waals surface area contributed by atoms with Crippen LogP contribution in [-0.4, -0.2) is 16.4 Å². The number of thiophene rings is 1. The average Bonchev–Trinajstić information content (AvgIpc) is 2.82. The Morgan fingerprint density at radius 3 is 2.95 bits per heavy atom. The van der Waals surface area contributed by atoms with Gasteiger partial charge >= 0.3 is 0 Å². The molecule has 0 amide bonds. The molecule has 0 spiro atoms. The molecular formula is C17H16N2O2S. The quantitative estimate of drug-likeness (QED) is 0.825. The van der Waals surface area contributed by atoms with Crippen molar-refractivity contribution in [1.29, 1.82) is 5.26 Å². The number of phenols is 2. The van der Waals surface area contributed by atoms with E-state index in [1.807, 2.05) is 0 Å². The molecule has 22 heavy (non-hydrogen) atoms. The average molecular weight is 312 g/mol. The number of rotatable bonds is 2. The van der Waals surface area contributed by atoms with Gasteiger partial charge in [0, 0.05) is 22.7 Å². The summed E-state index contributed by atoms with van der Waals surface area (Å²) < 4.78 is 0. The van der Waals surface area contributed by atoms with E-state index in [-0.39, 0.29) is 11.5 Å². The van der Waals surface area contributed by atoms with Gasteiger partial charge in [-0.2, -0.15) is 5.26 Å². The lowest BCUT2D eigenvalue weighted by atomic mass is 9.89. The highest BCUT2D eigenvalue weighted by Crippen LogP contribution is 2.40. The topological polar surface area (TPSA) is 76.6 Å². The summed E-state index contributed by atoms with van der Waals surface area (Å²) in [4.78, 5) is 5.66. The molecule has 0 saturated carbocycles. The summed E-state index contributed by atoms with van der Waals surface area (Å²) in [6.07, 6.45) is 4.60. The van der Waals surface area contributed by atoms with Crippen LogP contribution in [0.25, 0.3) is 0 Å². The third-order valence-corrected chi connectivity index (χ3v) is 5.10. The van der Waals surface area contributed by atoms with Crippen molar-refractivity contribution < 1.29 is 10.2 Å². The van der Waals surface area contributed by atoms with Gasteiger partial charge in [-0.1, -0.05) is 6.92 Å². The van der Waals surface area contributed by atoms with E-state index in [9.17, 15) is 15.5 Å². The zero-order valence-corrected chi connectivity index (χ0v) is 13.0. The summed E-state index contributed by atoms with van der Waals surface area (Å²) in [5.74, 6) is 0.626. The Balaban J connectivity index is 1.96. The van der Waals surface area contributed by atoms with Crippen molar-refractivity contribution in [1.82, 2.24) is 0 Å². The number of benzene rings is 1. The lowest BCUT2D eigenvalue weighted by Gasteiger charge is -2.17. The molecule has 1 aromatic heterocycles. The number of fused-ring (bicyclic) bond motifs is 1. The number of nitrogens with zero attached hydrogens (tertiary/aromatic N) is 2. The molecule has 0 fully saturated rings. The number of hydrogen-bond acceptors (Lipinski definition) is 5. The summed E-state index contributed by atoms with van der Waals surface area (Å²) >= 11 is 1.57. The molecule has 1 heterocycles. The molecule has 3 rings (SSSR count). The van der Waals surface area contributed by atoms with Gasteiger partial charge in [-0.05, 0) is 42.9 Å². The van der Waals surface area contributed by atoms with Crippen LogP contribution in [0.15, 0.2) is 23.2 Å². The lowest BCUT2D eigenvalue weighted by Crippen LogP contribution is -2.09. The fourth-order valence-corrected chi connectivity index (χ4v) is 4.02. The van der Waals surface area contributed by atoms with Crippen molar-refractivity contribution in [2.24, 2.45) is 10.9 Å². The standard InChI is InChI=1S/C17H16N2O2S/c1-10-2-5-13-14(8-18)17(22-16(13)6-10)19-9-11-3-4-12(20)7-15(11)21/h3-4,7,9-10,20-21H,2,5-6H2,1H3/b19-9+. The second-order valence-electron chi connectivity index (χ2n) is 5.65. The third-order valence-electron chi connectivity index (χ3n) is 3.94. The Kier molecular flexibility index (Phi) is 3.86. The maximum Gasteiger partial charge on any atom is 0.134 e. The van der Waals surface area contributed by atoms with Crippen LogP contribution < -0.4 is 0 Å². The van der Waals surface area contributed by atoms with Gasteiger partial charge < -0.3 is 10.2 Å². The van der Waals surface area contributed by atoms with Crippen LogP contribution >= 0.6 is 11.3 Å². The van der Waals surface area contributed by atoms with Crippen molar-refractivity contribution in [2.45, 2.75) is 26.2 Å². The maximum absolute atomic E-state index is 9.78. The van der Waals surface area contributed by atoms with Crippen molar-refractivity contribution in [3.8, 4) is 17.6 Å². The van der Waals surface area contributed by atoms with E-state index < -0.39 is 0 Å². The van der Waals surface area contributed by atoms with E-state index in [1.54, 1.807) is 17.4 Å². The van der Waals surface area contributed by atoms with Crippen LogP contribution in [0.2, 0.25) is 0 Å². The lowest BCUT2D eigenvalue weighted by molar-refractivity contribution is 0.450. The van der Waals surface area contributed by atoms with Gasteiger partial charge in [-0.25, -0.2) is 4.99 Å². The Morgan fingerprint density at radius 2 is 2.23 bits per heavy atom. The molecule has 0 bridgehead atoms. The van der Waals surface area contributed by atoms with Gasteiger partial charge in [0.25, 0.3) is 0 Å². The zero-order chi connectivity index (χ0) is 15.7. The van der Waals surface area contributed by atoms with Gasteiger partial charge in [-0.15, -0.1) is 11.3 Å². The van der Waals surface area contributed by atoms with Crippen LogP contribution in [0.4, 0.5) is 5.00 Å². The first-order valence-electron chi connectivity index (χ1n) is 7.19. The minimum absolute atomic E-state index is 0.00735. The number of nitriles is 1. The normalized spacial score (nSPS) is 17.4. The van der Waals surface area contributed by atoms with Crippen LogP contribution in [-0.2, 0) is 12.8 Å². The van der Waals surface area contributed by atoms with E-state index in [1.165, 1.54) is 23.2 Å². The highest BCUT2D eigenvalue weighted by molar-refractivity contribution is 7.16. The van der Waals surface area contributed by atoms with Crippen molar-refractivity contribution in [3.05, 3.63) is 39.8 Å². The molecule has 0 aliphatic heterocycles. The first-order valence-corrected chi connectivity index (χ1v) is 8.01. The van der Waals surface area contributed by atoms with Crippen LogP contribution in [0.1, 0.15) is 34.9 Å². The van der Waals surface area contributed by atoms with Crippen LogP contribution in [0.5, 0.6) is 11.5 Å². The smallest absolute Gasteiger partial charge is 0.134 e. The second-order valence-corrected chi connectivity index (χ2v) is 6.73. The molecule has 1 unspecified atom stereocenters. The predicted octanol–water partition coefficient (Wildman–Crippen LogP) is 3.91. The Hall–Kier alpha value is -2.32. The molecule has 1 aliphatic rings. The minimum Gasteiger partial charge on any atom is -0.508 e. The van der Waals surface area contributed by atoms with E-state index in [2.05, 4.69) is 18.0 Å². The molecule has 0 saturated heterocycles. The van der Waals surface area contributed by atoms with Gasteiger partial charge in [0.2, 0.25) is 0 Å². The monoisotopic (exact) mass is 312 g/mol. The van der Waals surface area contributed by atoms with E-state index >= 15 is 0 Å². The molecule has 1 aromatic carbocycles. The molecule has 5 heteroatoms. The Morgan fingerprint density at radius 1 is 1.41 bits per heavy atom. The Bertz CT molecular complexity index is 787. The first kappa shape index (κ1) is 14.6. The van der Waals surface area contributed by atoms with Gasteiger partial charge in [0.1, 0.15) is 22.6 Å². The molecule has 112 valence electrons. The molecule has 4 nitrogen and oxygen atoms in total. The predicted molar refractivity (Wildman–Crippen MR) is 87.2 cm³/mol. The number of aromatic hydroxyl groups is 2. The van der Waals surface area contributed by atoms with Gasteiger partial charge in [0.05, 0.1) is 5.56 Å². The number of hydrogen-bond donors (Lipinski definition) is 2. The molecule has 1 atom stereocenters. The van der Waals surface area contributed by atoms with E-state index in [4.69, 9.17) is 0 Å². The Labute approximate surface area is 133 Å². The number of aliphatic imine (C=N–C) groups is 1. The maximum atomic E-state index is 9.78. The van der Waals surface area contributed by atoms with Gasteiger partial charge in [-0.3, -0.25) is 0 Å². The van der Waals surface area contributed by atoms with Crippen molar-refractivity contribution in [3.63, 3.8) is 0 Å².